The first-order valence-corrected chi connectivity index (χ1v) is 16.6. The molecule has 1 amide bonds. The topological polar surface area (TPSA) is 71.7 Å². The Morgan fingerprint density at radius 2 is 1.67 bits per heavy atom. The molecule has 3 aromatic heterocycles. The molecule has 1 fully saturated rings. The Bertz CT molecular complexity index is 1810. The van der Waals surface area contributed by atoms with E-state index in [0.29, 0.717) is 37.2 Å². The number of aryl methyl sites for hydroxylation is 1. The summed E-state index contributed by atoms with van der Waals surface area (Å²) in [5.41, 5.74) is 2.87. The Morgan fingerprint density at radius 1 is 0.935 bits per heavy atom. The molecule has 2 aromatic carbocycles. The van der Waals surface area contributed by atoms with Crippen LogP contribution in [-0.4, -0.2) is 41.4 Å². The second-order valence-electron chi connectivity index (χ2n) is 12.8. The molecule has 1 aliphatic rings. The van der Waals surface area contributed by atoms with Crippen molar-refractivity contribution < 1.29 is 18.0 Å². The molecule has 1 saturated heterocycles. The molecule has 1 N–H and O–H groups in total. The first-order chi connectivity index (χ1) is 22.1. The molecule has 2 unspecified atom stereocenters. The summed E-state index contributed by atoms with van der Waals surface area (Å²) in [5.74, 6) is 1.44. The fraction of sp³-hybridized carbons (Fsp3) is 0.472. The molecular weight excluding hydrogens is 589 g/mol. The van der Waals surface area contributed by atoms with Gasteiger partial charge in [-0.2, -0.15) is 13.2 Å². The quantitative estimate of drug-likeness (QED) is 0.150. The molecule has 10 heteroatoms. The van der Waals surface area contributed by atoms with Crippen LogP contribution in [0, 0.1) is 17.3 Å². The van der Waals surface area contributed by atoms with Crippen molar-refractivity contribution >= 4 is 28.0 Å². The number of hydrogen-bond acceptors (Lipinski definition) is 3. The van der Waals surface area contributed by atoms with E-state index >= 15 is 0 Å². The van der Waals surface area contributed by atoms with Crippen molar-refractivity contribution in [1.29, 1.82) is 0 Å². The number of hydrogen-bond donors (Lipinski definition) is 1. The molecule has 4 heterocycles. The molecule has 1 aliphatic heterocycles. The number of para-hydroxylation sites is 2. The molecule has 6 rings (SSSR count). The molecule has 46 heavy (non-hydrogen) atoms. The van der Waals surface area contributed by atoms with Crippen molar-refractivity contribution in [3.8, 4) is 11.5 Å². The van der Waals surface area contributed by atoms with E-state index < -0.39 is 11.7 Å². The normalized spacial score (nSPS) is 17.5. The summed E-state index contributed by atoms with van der Waals surface area (Å²) in [6.45, 7) is 10.1. The van der Waals surface area contributed by atoms with Crippen LogP contribution < -0.4 is 0 Å². The third-order valence-electron chi connectivity index (χ3n) is 9.93. The van der Waals surface area contributed by atoms with Crippen LogP contribution >= 0.6 is 0 Å². The van der Waals surface area contributed by atoms with E-state index in [-0.39, 0.29) is 23.2 Å². The fourth-order valence-corrected chi connectivity index (χ4v) is 8.02. The number of carbonyl (C=O) groups is 1. The number of carbonyl (C=O) groups excluding carboxylic acids is 1. The van der Waals surface area contributed by atoms with Crippen LogP contribution in [0.25, 0.3) is 33.6 Å². The summed E-state index contributed by atoms with van der Waals surface area (Å²) in [7, 11) is 0. The van der Waals surface area contributed by atoms with E-state index in [4.69, 9.17) is 4.98 Å². The highest BCUT2D eigenvalue weighted by atomic mass is 19.4. The number of rotatable bonds is 12. The highest BCUT2D eigenvalue weighted by Gasteiger charge is 2.53. The van der Waals surface area contributed by atoms with Crippen LogP contribution in [0.2, 0.25) is 0 Å². The van der Waals surface area contributed by atoms with Crippen LogP contribution in [0.3, 0.4) is 0 Å². The van der Waals surface area contributed by atoms with Crippen molar-refractivity contribution in [3.05, 3.63) is 72.2 Å². The highest BCUT2D eigenvalue weighted by Crippen LogP contribution is 2.50. The molecule has 0 spiro atoms. The van der Waals surface area contributed by atoms with Gasteiger partial charge in [0.1, 0.15) is 5.82 Å². The van der Waals surface area contributed by atoms with Gasteiger partial charge in [-0.1, -0.05) is 59.1 Å². The monoisotopic (exact) mass is 632 g/mol. The summed E-state index contributed by atoms with van der Waals surface area (Å²) < 4.78 is 44.8. The SMILES string of the molecule is CCCC1(CCC)CN(Cn2c(-c3ccc[nH]3)nc3ccccc32)C(=O)C1C(CC)Cn1c(CC)nc2cc(C(F)(F)F)ccc21. The second-order valence-corrected chi connectivity index (χ2v) is 12.8. The smallest absolute Gasteiger partial charge is 0.359 e. The van der Waals surface area contributed by atoms with Gasteiger partial charge in [0.15, 0.2) is 5.82 Å². The van der Waals surface area contributed by atoms with Gasteiger partial charge in [-0.3, -0.25) is 4.79 Å². The predicted molar refractivity (Wildman–Crippen MR) is 175 cm³/mol. The molecule has 244 valence electrons. The Balaban J connectivity index is 1.39. The van der Waals surface area contributed by atoms with Crippen LogP contribution in [0.5, 0.6) is 0 Å². The van der Waals surface area contributed by atoms with Crippen molar-refractivity contribution in [2.45, 2.75) is 85.6 Å². The molecule has 2 atom stereocenters. The second kappa shape index (κ2) is 12.6. The lowest BCUT2D eigenvalue weighted by atomic mass is 9.65. The predicted octanol–water partition coefficient (Wildman–Crippen LogP) is 8.69. The maximum Gasteiger partial charge on any atom is 0.416 e. The average molecular weight is 633 g/mol. The first kappa shape index (κ1) is 31.9. The number of amides is 1. The molecule has 0 bridgehead atoms. The Morgan fingerprint density at radius 3 is 2.33 bits per heavy atom. The van der Waals surface area contributed by atoms with Gasteiger partial charge in [0.2, 0.25) is 5.91 Å². The summed E-state index contributed by atoms with van der Waals surface area (Å²) in [4.78, 5) is 29.6. The van der Waals surface area contributed by atoms with Gasteiger partial charge in [-0.25, -0.2) is 9.97 Å². The van der Waals surface area contributed by atoms with Gasteiger partial charge in [0.25, 0.3) is 0 Å². The number of nitrogens with zero attached hydrogens (tertiary/aromatic N) is 5. The van der Waals surface area contributed by atoms with Crippen molar-refractivity contribution in [3.63, 3.8) is 0 Å². The molecular formula is C36H43F3N6O. The van der Waals surface area contributed by atoms with Crippen molar-refractivity contribution in [2.24, 2.45) is 17.3 Å². The molecule has 7 nitrogen and oxygen atoms in total. The van der Waals surface area contributed by atoms with E-state index in [0.717, 1.165) is 72.6 Å². The van der Waals surface area contributed by atoms with Gasteiger partial charge in [0, 0.05) is 25.7 Å². The Kier molecular flexibility index (Phi) is 8.74. The number of aromatic nitrogens is 5. The van der Waals surface area contributed by atoms with Gasteiger partial charge < -0.3 is 19.0 Å². The lowest BCUT2D eigenvalue weighted by molar-refractivity contribution is -0.137. The number of benzene rings is 2. The number of H-pyrrole nitrogens is 1. The van der Waals surface area contributed by atoms with E-state index in [2.05, 4.69) is 39.9 Å². The molecule has 5 aromatic rings. The van der Waals surface area contributed by atoms with E-state index in [1.807, 2.05) is 54.4 Å². The number of aromatic amines is 1. The third-order valence-corrected chi connectivity index (χ3v) is 9.93. The van der Waals surface area contributed by atoms with Gasteiger partial charge >= 0.3 is 6.18 Å². The maximum absolute atomic E-state index is 14.8. The lowest BCUT2D eigenvalue weighted by Crippen LogP contribution is -2.38. The lowest BCUT2D eigenvalue weighted by Gasteiger charge is -2.37. The fourth-order valence-electron chi connectivity index (χ4n) is 8.02. The van der Waals surface area contributed by atoms with E-state index in [1.54, 1.807) is 0 Å². The standard InChI is InChI=1S/C36H43F3N6O/c1-5-17-35(18-6-2)22-43(23-45-29-14-10-9-12-26(29)42-33(45)27-13-11-19-40-27)34(46)32(35)24(7-3)21-44-30-16-15-25(36(37,38)39)20-28(30)41-31(44)8-4/h9-16,19-20,24,32,40H,5-8,17-18,21-23H2,1-4H3. The van der Waals surface area contributed by atoms with E-state index in [1.165, 1.54) is 6.07 Å². The van der Waals surface area contributed by atoms with E-state index in [9.17, 15) is 18.0 Å². The first-order valence-electron chi connectivity index (χ1n) is 16.6. The summed E-state index contributed by atoms with van der Waals surface area (Å²) >= 11 is 0. The third kappa shape index (κ3) is 5.60. The van der Waals surface area contributed by atoms with Gasteiger partial charge in [-0.05, 0) is 66.6 Å². The number of halogens is 3. The summed E-state index contributed by atoms with van der Waals surface area (Å²) in [6, 6.07) is 15.8. The molecule has 0 radical (unpaired) electrons. The Labute approximate surface area is 267 Å². The minimum Gasteiger partial charge on any atom is -0.359 e. The van der Waals surface area contributed by atoms with Gasteiger partial charge in [-0.15, -0.1) is 0 Å². The van der Waals surface area contributed by atoms with Crippen LogP contribution in [0.4, 0.5) is 13.2 Å². The van der Waals surface area contributed by atoms with Crippen molar-refractivity contribution in [2.75, 3.05) is 6.54 Å². The van der Waals surface area contributed by atoms with Crippen LogP contribution in [-0.2, 0) is 30.6 Å². The largest absolute Gasteiger partial charge is 0.416 e. The summed E-state index contributed by atoms with van der Waals surface area (Å²) in [6.07, 6.45) is 2.58. The number of nitrogens with one attached hydrogen (secondary N) is 1. The minimum atomic E-state index is -4.43. The summed E-state index contributed by atoms with van der Waals surface area (Å²) in [5, 5.41) is 0. The van der Waals surface area contributed by atoms with Gasteiger partial charge in [0.05, 0.1) is 45.9 Å². The number of alkyl halides is 3. The highest BCUT2D eigenvalue weighted by molar-refractivity contribution is 5.84. The van der Waals surface area contributed by atoms with Crippen LogP contribution in [0.1, 0.15) is 71.2 Å². The molecule has 0 aliphatic carbocycles. The Hall–Kier alpha value is -4.08. The molecule has 0 saturated carbocycles. The zero-order chi connectivity index (χ0) is 32.6. The zero-order valence-electron chi connectivity index (χ0n) is 27.1. The van der Waals surface area contributed by atoms with Crippen LogP contribution in [0.15, 0.2) is 60.8 Å². The van der Waals surface area contributed by atoms with Crippen molar-refractivity contribution in [1.82, 2.24) is 29.0 Å². The minimum absolute atomic E-state index is 0.0111. The average Bonchev–Trinajstić information content (AvgIpc) is 3.81. The zero-order valence-corrected chi connectivity index (χ0v) is 27.1. The number of fused-ring (bicyclic) bond motifs is 2. The number of imidazole rings is 2. The maximum atomic E-state index is 14.8. The number of likely N-dealkylation sites (tertiary alicyclic amines) is 1.